The highest BCUT2D eigenvalue weighted by Crippen LogP contribution is 2.22. The average Bonchev–Trinajstić information content (AvgIpc) is 2.97. The first-order chi connectivity index (χ1) is 10.4. The van der Waals surface area contributed by atoms with Gasteiger partial charge in [-0.2, -0.15) is 0 Å². The third-order valence-electron chi connectivity index (χ3n) is 3.20. The van der Waals surface area contributed by atoms with Crippen molar-refractivity contribution in [2.24, 2.45) is 11.7 Å². The molecule has 1 atom stereocenters. The Balaban J connectivity index is 1.99. The molecular weight excluding hydrogens is 325 g/mol. The number of hydrogen-bond donors (Lipinski definition) is 2. The van der Waals surface area contributed by atoms with Gasteiger partial charge in [0.15, 0.2) is 5.69 Å². The molecule has 5 nitrogen and oxygen atoms in total. The molecule has 0 unspecified atom stereocenters. The number of oxazole rings is 1. The number of nitrogens with zero attached hydrogens (tertiary/aromatic N) is 1. The molecule has 1 heterocycles. The molecule has 22 heavy (non-hydrogen) atoms. The second-order valence-corrected chi connectivity index (χ2v) is 6.09. The second kappa shape index (κ2) is 7.13. The minimum absolute atomic E-state index is 0.172. The molecule has 1 aromatic carbocycles. The van der Waals surface area contributed by atoms with E-state index < -0.39 is 0 Å². The fourth-order valence-corrected chi connectivity index (χ4v) is 2.07. The lowest BCUT2D eigenvalue weighted by Gasteiger charge is -2.10. The molecule has 0 saturated heterocycles. The lowest BCUT2D eigenvalue weighted by atomic mass is 10.1. The van der Waals surface area contributed by atoms with Gasteiger partial charge in [0, 0.05) is 6.54 Å². The van der Waals surface area contributed by atoms with Gasteiger partial charge in [0.1, 0.15) is 6.26 Å². The van der Waals surface area contributed by atoms with Gasteiger partial charge in [0.05, 0.1) is 16.1 Å². The third-order valence-corrected chi connectivity index (χ3v) is 3.93. The number of carbonyl (C=O) groups is 1. The zero-order valence-corrected chi connectivity index (χ0v) is 13.8. The lowest BCUT2D eigenvalue weighted by molar-refractivity contribution is 0.0946. The lowest BCUT2D eigenvalue weighted by Crippen LogP contribution is -2.23. The molecule has 0 saturated carbocycles. The monoisotopic (exact) mass is 341 g/mol. The van der Waals surface area contributed by atoms with Gasteiger partial charge >= 0.3 is 0 Å². The van der Waals surface area contributed by atoms with Crippen molar-refractivity contribution < 1.29 is 9.21 Å². The maximum atomic E-state index is 12.0. The smallest absolute Gasteiger partial charge is 0.273 e. The number of aromatic nitrogens is 1. The van der Waals surface area contributed by atoms with Crippen LogP contribution in [0.5, 0.6) is 0 Å². The van der Waals surface area contributed by atoms with Crippen LogP contribution in [0.4, 0.5) is 0 Å². The molecule has 0 aliphatic heterocycles. The van der Waals surface area contributed by atoms with E-state index in [0.29, 0.717) is 22.5 Å². The van der Waals surface area contributed by atoms with Crippen LogP contribution < -0.4 is 11.1 Å². The minimum atomic E-state index is -0.336. The number of nitrogens with one attached hydrogen (secondary N) is 1. The molecule has 1 aromatic heterocycles. The van der Waals surface area contributed by atoms with Crippen LogP contribution in [-0.4, -0.2) is 10.9 Å². The van der Waals surface area contributed by atoms with Gasteiger partial charge in [-0.3, -0.25) is 4.79 Å². The number of hydrogen-bond acceptors (Lipinski definition) is 4. The number of benzene rings is 1. The fourth-order valence-electron chi connectivity index (χ4n) is 1.75. The molecule has 2 rings (SSSR count). The summed E-state index contributed by atoms with van der Waals surface area (Å²) in [5.41, 5.74) is 6.97. The van der Waals surface area contributed by atoms with Gasteiger partial charge in [0.2, 0.25) is 5.89 Å². The number of halogens is 2. The molecule has 0 fully saturated rings. The van der Waals surface area contributed by atoms with E-state index in [1.54, 1.807) is 18.2 Å². The zero-order chi connectivity index (χ0) is 16.3. The van der Waals surface area contributed by atoms with Gasteiger partial charge in [-0.15, -0.1) is 0 Å². The van der Waals surface area contributed by atoms with Crippen molar-refractivity contribution in [1.29, 1.82) is 0 Å². The molecule has 7 heteroatoms. The minimum Gasteiger partial charge on any atom is -0.446 e. The summed E-state index contributed by atoms with van der Waals surface area (Å²) in [5, 5.41) is 3.66. The quantitative estimate of drug-likeness (QED) is 0.870. The Morgan fingerprint density at radius 1 is 1.36 bits per heavy atom. The second-order valence-electron chi connectivity index (χ2n) is 5.27. The molecule has 118 valence electrons. The van der Waals surface area contributed by atoms with E-state index in [-0.39, 0.29) is 23.6 Å². The molecule has 0 aliphatic rings. The SMILES string of the molecule is CC(C)[C@@H](N)c1nc(C(=O)NCc2ccc(Cl)c(Cl)c2)co1. The Hall–Kier alpha value is -1.56. The van der Waals surface area contributed by atoms with Gasteiger partial charge in [0.25, 0.3) is 5.91 Å². The van der Waals surface area contributed by atoms with Crippen LogP contribution in [0.1, 0.15) is 41.8 Å². The van der Waals surface area contributed by atoms with Crippen LogP contribution in [0.15, 0.2) is 28.9 Å². The number of rotatable bonds is 5. The summed E-state index contributed by atoms with van der Waals surface area (Å²) in [6.07, 6.45) is 1.31. The van der Waals surface area contributed by atoms with Gasteiger partial charge < -0.3 is 15.5 Å². The molecule has 0 spiro atoms. The summed E-state index contributed by atoms with van der Waals surface area (Å²) in [6, 6.07) is 4.84. The summed E-state index contributed by atoms with van der Waals surface area (Å²) in [5.74, 6) is 0.192. The van der Waals surface area contributed by atoms with E-state index in [4.69, 9.17) is 33.4 Å². The van der Waals surface area contributed by atoms with E-state index in [1.165, 1.54) is 6.26 Å². The number of amides is 1. The molecule has 3 N–H and O–H groups in total. The van der Waals surface area contributed by atoms with Crippen molar-refractivity contribution in [3.05, 3.63) is 51.7 Å². The maximum Gasteiger partial charge on any atom is 0.273 e. The standard InChI is InChI=1S/C15H17Cl2N3O2/c1-8(2)13(18)15-20-12(7-22-15)14(21)19-6-9-3-4-10(16)11(17)5-9/h3-5,7-8,13H,6,18H2,1-2H3,(H,19,21)/t13-/m1/s1. The van der Waals surface area contributed by atoms with Crippen molar-refractivity contribution in [2.75, 3.05) is 0 Å². The van der Waals surface area contributed by atoms with Crippen LogP contribution >= 0.6 is 23.2 Å². The van der Waals surface area contributed by atoms with E-state index in [2.05, 4.69) is 10.3 Å². The predicted molar refractivity (Wildman–Crippen MR) is 85.9 cm³/mol. The predicted octanol–water partition coefficient (Wildman–Crippen LogP) is 3.57. The molecule has 0 bridgehead atoms. The first-order valence-electron chi connectivity index (χ1n) is 6.81. The molecule has 0 aliphatic carbocycles. The van der Waals surface area contributed by atoms with Crippen molar-refractivity contribution in [2.45, 2.75) is 26.4 Å². The highest BCUT2D eigenvalue weighted by Gasteiger charge is 2.19. The Kier molecular flexibility index (Phi) is 5.45. The Morgan fingerprint density at radius 3 is 2.73 bits per heavy atom. The van der Waals surface area contributed by atoms with Gasteiger partial charge in [-0.25, -0.2) is 4.98 Å². The van der Waals surface area contributed by atoms with Crippen LogP contribution in [-0.2, 0) is 6.54 Å². The Morgan fingerprint density at radius 2 is 2.09 bits per heavy atom. The zero-order valence-electron chi connectivity index (χ0n) is 12.3. The molecule has 0 radical (unpaired) electrons. The highest BCUT2D eigenvalue weighted by atomic mass is 35.5. The van der Waals surface area contributed by atoms with E-state index in [1.807, 2.05) is 13.8 Å². The average molecular weight is 342 g/mol. The van der Waals surface area contributed by atoms with Crippen LogP contribution in [0.3, 0.4) is 0 Å². The molecule has 1 amide bonds. The van der Waals surface area contributed by atoms with E-state index >= 15 is 0 Å². The van der Waals surface area contributed by atoms with Gasteiger partial charge in [-0.05, 0) is 23.6 Å². The fraction of sp³-hybridized carbons (Fsp3) is 0.333. The summed E-state index contributed by atoms with van der Waals surface area (Å²) in [4.78, 5) is 16.2. The summed E-state index contributed by atoms with van der Waals surface area (Å²) < 4.78 is 5.26. The van der Waals surface area contributed by atoms with E-state index in [0.717, 1.165) is 5.56 Å². The molecule has 2 aromatic rings. The van der Waals surface area contributed by atoms with Crippen LogP contribution in [0.2, 0.25) is 10.0 Å². The largest absolute Gasteiger partial charge is 0.446 e. The van der Waals surface area contributed by atoms with Crippen molar-refractivity contribution in [3.63, 3.8) is 0 Å². The van der Waals surface area contributed by atoms with Crippen LogP contribution in [0.25, 0.3) is 0 Å². The normalized spacial score (nSPS) is 12.5. The van der Waals surface area contributed by atoms with Crippen LogP contribution in [0, 0.1) is 5.92 Å². The van der Waals surface area contributed by atoms with Crippen molar-refractivity contribution in [3.8, 4) is 0 Å². The highest BCUT2D eigenvalue weighted by molar-refractivity contribution is 6.42. The molecular formula is C15H17Cl2N3O2. The third kappa shape index (κ3) is 4.00. The topological polar surface area (TPSA) is 81.1 Å². The first-order valence-corrected chi connectivity index (χ1v) is 7.57. The summed E-state index contributed by atoms with van der Waals surface area (Å²) in [6.45, 7) is 4.23. The summed E-state index contributed by atoms with van der Waals surface area (Å²) >= 11 is 11.8. The van der Waals surface area contributed by atoms with E-state index in [9.17, 15) is 4.79 Å². The number of carbonyl (C=O) groups excluding carboxylic acids is 1. The van der Waals surface area contributed by atoms with Gasteiger partial charge in [-0.1, -0.05) is 43.1 Å². The first kappa shape index (κ1) is 16.8. The van der Waals surface area contributed by atoms with Crippen molar-refractivity contribution >= 4 is 29.1 Å². The summed E-state index contributed by atoms with van der Waals surface area (Å²) in [7, 11) is 0. The Labute approximate surface area is 138 Å². The number of nitrogens with two attached hydrogens (primary N) is 1. The van der Waals surface area contributed by atoms with Crippen molar-refractivity contribution in [1.82, 2.24) is 10.3 Å². The Bertz CT molecular complexity index is 671. The maximum absolute atomic E-state index is 12.0.